The van der Waals surface area contributed by atoms with Gasteiger partial charge < -0.3 is 25.2 Å². The van der Waals surface area contributed by atoms with Crippen LogP contribution in [-0.4, -0.2) is 77.1 Å². The fourth-order valence-electron chi connectivity index (χ4n) is 2.09. The summed E-state index contributed by atoms with van der Waals surface area (Å²) in [6.45, 7) is 0. The molecule has 2 rings (SSSR count). The van der Waals surface area contributed by atoms with Crippen LogP contribution >= 0.6 is 23.1 Å². The summed E-state index contributed by atoms with van der Waals surface area (Å²) >= 11 is 1.67. The molecule has 0 unspecified atom stereocenters. The van der Waals surface area contributed by atoms with E-state index >= 15 is 0 Å². The van der Waals surface area contributed by atoms with Crippen LogP contribution in [0.3, 0.4) is 0 Å². The van der Waals surface area contributed by atoms with Crippen LogP contribution in [0.2, 0.25) is 0 Å². The van der Waals surface area contributed by atoms with Gasteiger partial charge in [0.15, 0.2) is 21.1 Å². The number of amides is 2. The Labute approximate surface area is 195 Å². The molecule has 1 aliphatic rings. The summed E-state index contributed by atoms with van der Waals surface area (Å²) in [4.78, 5) is 44.3. The first kappa shape index (κ1) is 25.6. The van der Waals surface area contributed by atoms with Crippen molar-refractivity contribution < 1.29 is 66.5 Å². The van der Waals surface area contributed by atoms with E-state index in [0.717, 1.165) is 18.4 Å². The number of nitrogen functional groups attached to an aromatic ring is 1. The molecule has 17 heteroatoms. The molecule has 13 nitrogen and oxygen atoms in total. The van der Waals surface area contributed by atoms with E-state index in [1.807, 2.05) is 0 Å². The molecule has 1 aromatic rings. The van der Waals surface area contributed by atoms with E-state index in [1.54, 1.807) is 0 Å². The Morgan fingerprint density at radius 1 is 1.48 bits per heavy atom. The second-order valence-electron chi connectivity index (χ2n) is 5.01. The van der Waals surface area contributed by atoms with E-state index in [9.17, 15) is 27.4 Å². The maximum atomic E-state index is 12.5. The van der Waals surface area contributed by atoms with Crippen molar-refractivity contribution >= 4 is 62.0 Å². The van der Waals surface area contributed by atoms with Crippen molar-refractivity contribution in [2.75, 3.05) is 25.7 Å². The van der Waals surface area contributed by atoms with Gasteiger partial charge in [0, 0.05) is 5.38 Å². The van der Waals surface area contributed by atoms with Gasteiger partial charge in [0.05, 0.1) is 12.9 Å². The molecule has 0 aromatic carbocycles. The third kappa shape index (κ3) is 6.03. The predicted octanol–water partition coefficient (Wildman–Crippen LogP) is -4.90. The average molecular weight is 475 g/mol. The zero-order valence-corrected chi connectivity index (χ0v) is 19.8. The Bertz CT molecular complexity index is 920. The van der Waals surface area contributed by atoms with Crippen LogP contribution in [0.25, 0.3) is 0 Å². The van der Waals surface area contributed by atoms with Gasteiger partial charge in [-0.3, -0.25) is 14.4 Å². The molecule has 1 fully saturated rings. The van der Waals surface area contributed by atoms with Crippen LogP contribution in [0.5, 0.6) is 0 Å². The van der Waals surface area contributed by atoms with Gasteiger partial charge in [-0.15, -0.1) is 23.1 Å². The standard InChI is InChI=1S/C12H15N5O8S3.Na/c1-24-6(18)4-26-11-8(10(20)17(11)28(21,22)23)15-9(19)7(16-25-2)5-3-27-12(13)14-5;/h3,8,11H,4H2,1-2H3,(H2,13,14)(H,15,19)(H,21,22,23);/q;+1/p-1/t8-,11+;/m1./s1. The van der Waals surface area contributed by atoms with Crippen LogP contribution in [0, 0.1) is 0 Å². The summed E-state index contributed by atoms with van der Waals surface area (Å²) in [6.07, 6.45) is 0. The third-order valence-corrected chi connectivity index (χ3v) is 6.21. The topological polar surface area (TPSA) is 193 Å². The molecule has 0 saturated carbocycles. The van der Waals surface area contributed by atoms with Crippen LogP contribution in [0.4, 0.5) is 5.13 Å². The van der Waals surface area contributed by atoms with E-state index in [1.165, 1.54) is 12.5 Å². The molecular weight excluding hydrogens is 461 g/mol. The summed E-state index contributed by atoms with van der Waals surface area (Å²) in [5.41, 5.74) is 5.27. The number of carbonyl (C=O) groups is 3. The number of oxime groups is 1. The van der Waals surface area contributed by atoms with E-state index in [2.05, 4.69) is 25.0 Å². The number of ether oxygens (including phenoxy) is 1. The number of nitrogens with zero attached hydrogens (tertiary/aromatic N) is 3. The van der Waals surface area contributed by atoms with Gasteiger partial charge in [0.1, 0.15) is 24.2 Å². The van der Waals surface area contributed by atoms with Gasteiger partial charge in [-0.2, -0.15) is 0 Å². The molecule has 0 aliphatic carbocycles. The van der Waals surface area contributed by atoms with Crippen molar-refractivity contribution in [1.82, 2.24) is 14.6 Å². The van der Waals surface area contributed by atoms with Crippen molar-refractivity contribution in [3.8, 4) is 0 Å². The van der Waals surface area contributed by atoms with Gasteiger partial charge in [-0.1, -0.05) is 5.16 Å². The summed E-state index contributed by atoms with van der Waals surface area (Å²) < 4.78 is 38.3. The summed E-state index contributed by atoms with van der Waals surface area (Å²) in [7, 11) is -2.85. The van der Waals surface area contributed by atoms with Crippen molar-refractivity contribution in [3.63, 3.8) is 0 Å². The van der Waals surface area contributed by atoms with Gasteiger partial charge >= 0.3 is 35.5 Å². The average Bonchev–Trinajstić information content (AvgIpc) is 3.04. The number of β-lactam (4-membered cyclic amide) rings is 1. The number of thioether (sulfide) groups is 1. The number of nitrogens with two attached hydrogens (primary N) is 1. The molecule has 2 amide bonds. The quantitative estimate of drug-likeness (QED) is 0.0914. The fraction of sp³-hybridized carbons (Fsp3) is 0.417. The molecule has 29 heavy (non-hydrogen) atoms. The summed E-state index contributed by atoms with van der Waals surface area (Å²) in [5, 5.41) is 6.04. The molecular formula is C12H14N5NaO8S3. The van der Waals surface area contributed by atoms with Gasteiger partial charge in [-0.05, 0) is 0 Å². The number of esters is 1. The second kappa shape index (κ2) is 10.6. The van der Waals surface area contributed by atoms with Crippen molar-refractivity contribution in [3.05, 3.63) is 11.1 Å². The Morgan fingerprint density at radius 2 is 2.14 bits per heavy atom. The number of hydrogen-bond donors (Lipinski definition) is 2. The van der Waals surface area contributed by atoms with Crippen LogP contribution in [0.1, 0.15) is 5.69 Å². The Hall–Kier alpha value is -1.43. The Balaban J connectivity index is 0.00000420. The number of hydrogen-bond acceptors (Lipinski definition) is 13. The van der Waals surface area contributed by atoms with E-state index < -0.39 is 39.5 Å². The molecule has 154 valence electrons. The number of nitrogens with one attached hydrogen (secondary N) is 1. The minimum atomic E-state index is -5.14. The zero-order chi connectivity index (χ0) is 21.1. The van der Waals surface area contributed by atoms with Crippen LogP contribution in [0.15, 0.2) is 10.5 Å². The Morgan fingerprint density at radius 3 is 2.62 bits per heavy atom. The summed E-state index contributed by atoms with van der Waals surface area (Å²) in [6, 6.07) is -1.40. The number of carbonyl (C=O) groups excluding carboxylic acids is 3. The smallest absolute Gasteiger partial charge is 0.731 e. The minimum Gasteiger partial charge on any atom is -0.731 e. The largest absolute Gasteiger partial charge is 1.00 e. The van der Waals surface area contributed by atoms with E-state index in [0.29, 0.717) is 11.8 Å². The number of rotatable bonds is 8. The SMILES string of the molecule is CON=C(C(=O)N[C@@H]1C(=O)N(S(=O)(=O)[O-])[C@H]1SCC(=O)OC)c1csc(N)n1.[Na+]. The second-order valence-corrected chi connectivity index (χ2v) is 8.26. The van der Waals surface area contributed by atoms with E-state index in [4.69, 9.17) is 5.73 Å². The first-order chi connectivity index (χ1) is 13.1. The molecule has 0 bridgehead atoms. The normalized spacial score (nSPS) is 19.1. The van der Waals surface area contributed by atoms with Gasteiger partial charge in [0.2, 0.25) is 0 Å². The van der Waals surface area contributed by atoms with Crippen LogP contribution < -0.4 is 40.6 Å². The molecule has 2 heterocycles. The zero-order valence-electron chi connectivity index (χ0n) is 15.3. The number of methoxy groups -OCH3 is 1. The number of anilines is 1. The maximum Gasteiger partial charge on any atom is 1.00 e. The first-order valence-corrected chi connectivity index (χ1v) is 10.5. The molecule has 1 aromatic heterocycles. The maximum absolute atomic E-state index is 12.5. The van der Waals surface area contributed by atoms with Crippen LogP contribution in [-0.2, 0) is 34.3 Å². The molecule has 0 spiro atoms. The van der Waals surface area contributed by atoms with Crippen molar-refractivity contribution in [2.24, 2.45) is 5.16 Å². The molecule has 2 atom stereocenters. The van der Waals surface area contributed by atoms with Crippen molar-refractivity contribution in [2.45, 2.75) is 11.4 Å². The molecule has 1 aliphatic heterocycles. The van der Waals surface area contributed by atoms with Crippen molar-refractivity contribution in [1.29, 1.82) is 0 Å². The third-order valence-electron chi connectivity index (χ3n) is 3.29. The summed E-state index contributed by atoms with van der Waals surface area (Å²) in [5.74, 6) is -3.14. The number of aromatic nitrogens is 1. The number of thiazole rings is 1. The van der Waals surface area contributed by atoms with E-state index in [-0.39, 0.29) is 56.2 Å². The fourth-order valence-corrected chi connectivity index (χ4v) is 4.88. The first-order valence-electron chi connectivity index (χ1n) is 7.21. The van der Waals surface area contributed by atoms with Gasteiger partial charge in [-0.25, -0.2) is 17.7 Å². The predicted molar refractivity (Wildman–Crippen MR) is 96.8 cm³/mol. The van der Waals surface area contributed by atoms with Gasteiger partial charge in [0.25, 0.3) is 11.8 Å². The molecule has 1 saturated heterocycles. The monoisotopic (exact) mass is 475 g/mol. The molecule has 0 radical (unpaired) electrons. The Kier molecular flexibility index (Phi) is 9.32. The minimum absolute atomic E-state index is 0. The molecule has 3 N–H and O–H groups in total.